The number of ether oxygens (including phenoxy) is 2. The minimum Gasteiger partial charge on any atom is -0.497 e. The number of carbonyl (C=O) groups excluding carboxylic acids is 2. The molecule has 1 heterocycles. The van der Waals surface area contributed by atoms with Crippen molar-refractivity contribution < 1.29 is 23.5 Å². The van der Waals surface area contributed by atoms with Crippen LogP contribution in [0.2, 0.25) is 0 Å². The van der Waals surface area contributed by atoms with Crippen LogP contribution >= 0.6 is 0 Å². The first-order valence-electron chi connectivity index (χ1n) is 9.94. The molecule has 0 spiro atoms. The van der Waals surface area contributed by atoms with Gasteiger partial charge in [-0.25, -0.2) is 9.59 Å². The van der Waals surface area contributed by atoms with Gasteiger partial charge in [-0.05, 0) is 25.1 Å². The highest BCUT2D eigenvalue weighted by atomic mass is 16.5. The molecule has 0 unspecified atom stereocenters. The lowest BCUT2D eigenvalue weighted by molar-refractivity contribution is 0.0471. The highest BCUT2D eigenvalue weighted by Gasteiger charge is 2.19. The molecule has 32 heavy (non-hydrogen) atoms. The predicted molar refractivity (Wildman–Crippen MR) is 119 cm³/mol. The molecule has 0 N–H and O–H groups in total. The van der Waals surface area contributed by atoms with E-state index in [2.05, 4.69) is 0 Å². The minimum atomic E-state index is -0.657. The van der Waals surface area contributed by atoms with Crippen LogP contribution in [0.5, 0.6) is 5.75 Å². The van der Waals surface area contributed by atoms with Crippen LogP contribution in [0.15, 0.2) is 82.0 Å². The summed E-state index contributed by atoms with van der Waals surface area (Å²) >= 11 is 0. The van der Waals surface area contributed by atoms with Crippen LogP contribution in [0.1, 0.15) is 37.4 Å². The maximum absolute atomic E-state index is 13.0. The first kappa shape index (κ1) is 21.1. The van der Waals surface area contributed by atoms with Crippen LogP contribution in [0, 0.1) is 6.92 Å². The third kappa shape index (κ3) is 4.30. The van der Waals surface area contributed by atoms with E-state index >= 15 is 0 Å². The fourth-order valence-electron chi connectivity index (χ4n) is 3.40. The summed E-state index contributed by atoms with van der Waals surface area (Å²) in [6.07, 6.45) is 0. The minimum absolute atomic E-state index is 0.152. The summed E-state index contributed by atoms with van der Waals surface area (Å²) in [6, 6.07) is 20.0. The Kier molecular flexibility index (Phi) is 5.85. The molecule has 0 saturated carbocycles. The second-order valence-corrected chi connectivity index (χ2v) is 7.27. The van der Waals surface area contributed by atoms with Crippen molar-refractivity contribution in [2.75, 3.05) is 7.11 Å². The van der Waals surface area contributed by atoms with Gasteiger partial charge in [0.05, 0.1) is 12.7 Å². The molecule has 6 nitrogen and oxygen atoms in total. The number of methoxy groups -OCH3 is 1. The van der Waals surface area contributed by atoms with Crippen molar-refractivity contribution in [2.45, 2.75) is 13.5 Å². The maximum Gasteiger partial charge on any atom is 0.339 e. The second kappa shape index (κ2) is 8.89. The van der Waals surface area contributed by atoms with Gasteiger partial charge in [0.25, 0.3) is 0 Å². The normalized spacial score (nSPS) is 10.7. The Labute approximate surface area is 184 Å². The first-order valence-corrected chi connectivity index (χ1v) is 9.94. The van der Waals surface area contributed by atoms with Crippen LogP contribution in [-0.2, 0) is 11.3 Å². The first-order chi connectivity index (χ1) is 15.5. The smallest absolute Gasteiger partial charge is 0.339 e. The lowest BCUT2D eigenvalue weighted by Gasteiger charge is -2.11. The molecule has 0 aliphatic rings. The molecule has 0 saturated heterocycles. The summed E-state index contributed by atoms with van der Waals surface area (Å²) in [6.45, 7) is 1.78. The van der Waals surface area contributed by atoms with E-state index in [-0.39, 0.29) is 23.5 Å². The quantitative estimate of drug-likeness (QED) is 0.252. The number of carbonyl (C=O) groups is 2. The lowest BCUT2D eigenvalue weighted by Crippen LogP contribution is -2.13. The van der Waals surface area contributed by atoms with E-state index in [0.29, 0.717) is 27.8 Å². The Morgan fingerprint density at radius 3 is 2.34 bits per heavy atom. The fourth-order valence-corrected chi connectivity index (χ4v) is 3.40. The summed E-state index contributed by atoms with van der Waals surface area (Å²) in [4.78, 5) is 37.8. The van der Waals surface area contributed by atoms with Crippen molar-refractivity contribution in [3.63, 3.8) is 0 Å². The highest BCUT2D eigenvalue weighted by molar-refractivity contribution is 6.14. The average molecular weight is 428 g/mol. The number of benzene rings is 3. The topological polar surface area (TPSA) is 82.8 Å². The second-order valence-electron chi connectivity index (χ2n) is 7.27. The molecule has 0 radical (unpaired) electrons. The summed E-state index contributed by atoms with van der Waals surface area (Å²) in [5.41, 5.74) is 2.19. The summed E-state index contributed by atoms with van der Waals surface area (Å²) in [5, 5.41) is 0.627. The van der Waals surface area contributed by atoms with Gasteiger partial charge in [0.1, 0.15) is 17.9 Å². The Bertz CT molecular complexity index is 1370. The number of ketones is 1. The number of hydrogen-bond donors (Lipinski definition) is 0. The molecule has 1 aromatic heterocycles. The van der Waals surface area contributed by atoms with Gasteiger partial charge in [0, 0.05) is 34.2 Å². The van der Waals surface area contributed by atoms with Gasteiger partial charge < -0.3 is 13.9 Å². The maximum atomic E-state index is 13.0. The van der Waals surface area contributed by atoms with E-state index in [1.54, 1.807) is 54.6 Å². The molecule has 3 aromatic carbocycles. The lowest BCUT2D eigenvalue weighted by atomic mass is 9.98. The summed E-state index contributed by atoms with van der Waals surface area (Å²) in [7, 11) is 1.51. The van der Waals surface area contributed by atoms with Gasteiger partial charge in [-0.15, -0.1) is 0 Å². The average Bonchev–Trinajstić information content (AvgIpc) is 2.81. The molecule has 0 aliphatic carbocycles. The summed E-state index contributed by atoms with van der Waals surface area (Å²) in [5.74, 6) is -0.384. The molecule has 4 aromatic rings. The van der Waals surface area contributed by atoms with E-state index in [4.69, 9.17) is 13.9 Å². The third-order valence-corrected chi connectivity index (χ3v) is 5.10. The molecule has 4 rings (SSSR count). The number of esters is 1. The zero-order valence-corrected chi connectivity index (χ0v) is 17.6. The largest absolute Gasteiger partial charge is 0.497 e. The molecular formula is C26H20O6. The Balaban J connectivity index is 1.60. The van der Waals surface area contributed by atoms with Gasteiger partial charge in [0.2, 0.25) is 0 Å². The highest BCUT2D eigenvalue weighted by Crippen LogP contribution is 2.24. The molecule has 0 atom stereocenters. The van der Waals surface area contributed by atoms with Crippen molar-refractivity contribution in [1.29, 1.82) is 0 Å². The van der Waals surface area contributed by atoms with Crippen molar-refractivity contribution in [2.24, 2.45) is 0 Å². The van der Waals surface area contributed by atoms with E-state index in [1.165, 1.54) is 13.2 Å². The Morgan fingerprint density at radius 1 is 0.906 bits per heavy atom. The number of aryl methyl sites for hydroxylation is 1. The number of fused-ring (bicyclic) bond motifs is 1. The van der Waals surface area contributed by atoms with E-state index in [1.807, 2.05) is 19.1 Å². The van der Waals surface area contributed by atoms with Crippen LogP contribution < -0.4 is 10.4 Å². The van der Waals surface area contributed by atoms with Crippen LogP contribution in [0.4, 0.5) is 0 Å². The monoisotopic (exact) mass is 428 g/mol. The van der Waals surface area contributed by atoms with Gasteiger partial charge in [0.15, 0.2) is 5.78 Å². The van der Waals surface area contributed by atoms with E-state index < -0.39 is 11.6 Å². The SMILES string of the molecule is COc1ccc2c(COC(=O)c3ccccc3C(=O)c3ccc(C)cc3)cc(=O)oc2c1. The van der Waals surface area contributed by atoms with Crippen molar-refractivity contribution in [1.82, 2.24) is 0 Å². The number of rotatable bonds is 6. The number of hydrogen-bond acceptors (Lipinski definition) is 6. The van der Waals surface area contributed by atoms with Gasteiger partial charge in [-0.2, -0.15) is 0 Å². The van der Waals surface area contributed by atoms with Crippen LogP contribution in [0.3, 0.4) is 0 Å². The molecule has 0 bridgehead atoms. The van der Waals surface area contributed by atoms with Gasteiger partial charge >= 0.3 is 11.6 Å². The standard InChI is InChI=1S/C26H20O6/c1-16-7-9-17(10-8-16)25(28)21-5-3-4-6-22(21)26(29)31-15-18-13-24(27)32-23-14-19(30-2)11-12-20(18)23/h3-14H,15H2,1-2H3. The van der Waals surface area contributed by atoms with E-state index in [0.717, 1.165) is 5.56 Å². The third-order valence-electron chi connectivity index (χ3n) is 5.10. The fraction of sp³-hybridized carbons (Fsp3) is 0.115. The van der Waals surface area contributed by atoms with E-state index in [9.17, 15) is 14.4 Å². The van der Waals surface area contributed by atoms with Crippen LogP contribution in [-0.4, -0.2) is 18.9 Å². The predicted octanol–water partition coefficient (Wildman–Crippen LogP) is 4.70. The molecule has 0 aliphatic heterocycles. The Hall–Kier alpha value is -4.19. The molecular weight excluding hydrogens is 408 g/mol. The zero-order chi connectivity index (χ0) is 22.7. The summed E-state index contributed by atoms with van der Waals surface area (Å²) < 4.78 is 15.9. The molecule has 160 valence electrons. The molecule has 0 amide bonds. The zero-order valence-electron chi connectivity index (χ0n) is 17.6. The van der Waals surface area contributed by atoms with Gasteiger partial charge in [-0.1, -0.05) is 48.0 Å². The van der Waals surface area contributed by atoms with Gasteiger partial charge in [-0.3, -0.25) is 4.79 Å². The van der Waals surface area contributed by atoms with Crippen molar-refractivity contribution in [3.8, 4) is 5.75 Å². The molecule has 0 fully saturated rings. The van der Waals surface area contributed by atoms with Crippen molar-refractivity contribution in [3.05, 3.63) is 111 Å². The molecule has 6 heteroatoms. The van der Waals surface area contributed by atoms with Crippen LogP contribution in [0.25, 0.3) is 11.0 Å². The van der Waals surface area contributed by atoms with Crippen molar-refractivity contribution >= 4 is 22.7 Å². The Morgan fingerprint density at radius 2 is 1.62 bits per heavy atom.